The number of hydrogen-bond acceptors (Lipinski definition) is 1. The minimum absolute atomic E-state index is 0. The van der Waals surface area contributed by atoms with Gasteiger partial charge in [0.15, 0.2) is 0 Å². The standard InChI is InChI=1S/C8H9O.Na/c1-7-5-3-4-6-8(7)9-2;/h3-6H,1H2,2H3;/q-1;+1. The Morgan fingerprint density at radius 3 is 2.30 bits per heavy atom. The van der Waals surface area contributed by atoms with Gasteiger partial charge in [-0.1, -0.05) is 12.1 Å². The van der Waals surface area contributed by atoms with Crippen molar-refractivity contribution in [3.05, 3.63) is 36.8 Å². The van der Waals surface area contributed by atoms with E-state index < -0.39 is 0 Å². The minimum Gasteiger partial charge on any atom is -0.554 e. The fourth-order valence-corrected chi connectivity index (χ4v) is 0.703. The van der Waals surface area contributed by atoms with Crippen molar-refractivity contribution in [2.24, 2.45) is 0 Å². The zero-order chi connectivity index (χ0) is 6.69. The maximum Gasteiger partial charge on any atom is 1.00 e. The Hall–Kier alpha value is -0.110. The normalized spacial score (nSPS) is 8.10. The number of rotatable bonds is 1. The van der Waals surface area contributed by atoms with Crippen molar-refractivity contribution in [3.8, 4) is 5.75 Å². The molecule has 0 unspecified atom stereocenters. The minimum atomic E-state index is 0. The second-order valence-electron chi connectivity index (χ2n) is 1.81. The fourth-order valence-electron chi connectivity index (χ4n) is 0.703. The summed E-state index contributed by atoms with van der Waals surface area (Å²) >= 11 is 0. The third kappa shape index (κ3) is 2.25. The average molecular weight is 144 g/mol. The summed E-state index contributed by atoms with van der Waals surface area (Å²) in [6.45, 7) is 3.77. The summed E-state index contributed by atoms with van der Waals surface area (Å²) in [5, 5.41) is 0. The van der Waals surface area contributed by atoms with Crippen LogP contribution in [0.4, 0.5) is 0 Å². The third-order valence-corrected chi connectivity index (χ3v) is 1.19. The first-order valence-corrected chi connectivity index (χ1v) is 2.79. The third-order valence-electron chi connectivity index (χ3n) is 1.19. The molecule has 0 spiro atoms. The Morgan fingerprint density at radius 2 is 1.90 bits per heavy atom. The van der Waals surface area contributed by atoms with Crippen molar-refractivity contribution in [1.82, 2.24) is 0 Å². The number of ether oxygens (including phenoxy) is 1. The molecule has 0 heterocycles. The molecule has 0 aromatic heterocycles. The van der Waals surface area contributed by atoms with E-state index in [2.05, 4.69) is 6.92 Å². The molecule has 48 valence electrons. The van der Waals surface area contributed by atoms with Crippen molar-refractivity contribution in [2.45, 2.75) is 0 Å². The van der Waals surface area contributed by atoms with Gasteiger partial charge in [-0.25, -0.2) is 0 Å². The number of methoxy groups -OCH3 is 1. The molecule has 0 saturated carbocycles. The maximum absolute atomic E-state index is 4.98. The predicted molar refractivity (Wildman–Crippen MR) is 37.5 cm³/mol. The van der Waals surface area contributed by atoms with Gasteiger partial charge in [-0.2, -0.15) is 18.6 Å². The number of benzene rings is 1. The molecule has 0 atom stereocenters. The Bertz CT molecular complexity index is 198. The van der Waals surface area contributed by atoms with Gasteiger partial charge in [-0.15, -0.1) is 6.07 Å². The van der Waals surface area contributed by atoms with E-state index in [-0.39, 0.29) is 29.6 Å². The van der Waals surface area contributed by atoms with Crippen LogP contribution in [0.5, 0.6) is 5.75 Å². The van der Waals surface area contributed by atoms with Crippen molar-refractivity contribution in [1.29, 1.82) is 0 Å². The van der Waals surface area contributed by atoms with Crippen LogP contribution in [-0.4, -0.2) is 7.11 Å². The summed E-state index contributed by atoms with van der Waals surface area (Å²) in [7, 11) is 1.64. The van der Waals surface area contributed by atoms with Crippen LogP contribution in [0, 0.1) is 6.92 Å². The fraction of sp³-hybridized carbons (Fsp3) is 0.125. The molecule has 0 N–H and O–H groups in total. The van der Waals surface area contributed by atoms with Crippen molar-refractivity contribution < 1.29 is 34.3 Å². The first-order valence-electron chi connectivity index (χ1n) is 2.79. The first kappa shape index (κ1) is 9.89. The van der Waals surface area contributed by atoms with Crippen LogP contribution in [0.15, 0.2) is 24.3 Å². The number of para-hydroxylation sites is 1. The molecule has 1 aromatic carbocycles. The first-order chi connectivity index (χ1) is 4.34. The van der Waals surface area contributed by atoms with Crippen LogP contribution < -0.4 is 34.3 Å². The quantitative estimate of drug-likeness (QED) is 0.358. The molecule has 0 radical (unpaired) electrons. The van der Waals surface area contributed by atoms with Gasteiger partial charge in [0.25, 0.3) is 0 Å². The average Bonchev–Trinajstić information content (AvgIpc) is 1.89. The Kier molecular flexibility index (Phi) is 4.62. The van der Waals surface area contributed by atoms with E-state index in [1.165, 1.54) is 0 Å². The molecule has 0 amide bonds. The SMILES string of the molecule is [CH2-]c1ccccc1OC.[Na+]. The molecule has 10 heavy (non-hydrogen) atoms. The van der Waals surface area contributed by atoms with Gasteiger partial charge in [0.05, 0.1) is 7.11 Å². The summed E-state index contributed by atoms with van der Waals surface area (Å²) in [6, 6.07) is 7.67. The van der Waals surface area contributed by atoms with Gasteiger partial charge in [-0.3, -0.25) is 0 Å². The second-order valence-corrected chi connectivity index (χ2v) is 1.81. The van der Waals surface area contributed by atoms with E-state index >= 15 is 0 Å². The van der Waals surface area contributed by atoms with Crippen molar-refractivity contribution in [2.75, 3.05) is 7.11 Å². The van der Waals surface area contributed by atoms with Crippen LogP contribution in [-0.2, 0) is 0 Å². The summed E-state index contributed by atoms with van der Waals surface area (Å²) in [5.41, 5.74) is 0.931. The summed E-state index contributed by atoms with van der Waals surface area (Å²) in [5.74, 6) is 0.845. The summed E-state index contributed by atoms with van der Waals surface area (Å²) < 4.78 is 4.98. The van der Waals surface area contributed by atoms with E-state index in [1.54, 1.807) is 7.11 Å². The van der Waals surface area contributed by atoms with Crippen molar-refractivity contribution >= 4 is 0 Å². The largest absolute Gasteiger partial charge is 1.00 e. The molecule has 2 heteroatoms. The molecule has 0 aliphatic rings. The van der Waals surface area contributed by atoms with E-state index in [0.717, 1.165) is 11.3 Å². The van der Waals surface area contributed by atoms with Crippen molar-refractivity contribution in [3.63, 3.8) is 0 Å². The smallest absolute Gasteiger partial charge is 0.554 e. The molecule has 0 bridgehead atoms. The maximum atomic E-state index is 4.98. The Balaban J connectivity index is 0.000000810. The van der Waals surface area contributed by atoms with Gasteiger partial charge < -0.3 is 4.74 Å². The van der Waals surface area contributed by atoms with Crippen LogP contribution >= 0.6 is 0 Å². The summed E-state index contributed by atoms with van der Waals surface area (Å²) in [6.07, 6.45) is 0. The van der Waals surface area contributed by atoms with E-state index in [1.807, 2.05) is 24.3 Å². The molecule has 1 nitrogen and oxygen atoms in total. The molecule has 0 fully saturated rings. The predicted octanol–water partition coefficient (Wildman–Crippen LogP) is -1.12. The van der Waals surface area contributed by atoms with Crippen LogP contribution in [0.1, 0.15) is 5.56 Å². The van der Waals surface area contributed by atoms with Crippen LogP contribution in [0.3, 0.4) is 0 Å². The van der Waals surface area contributed by atoms with Gasteiger partial charge in [-0.05, 0) is 0 Å². The van der Waals surface area contributed by atoms with Gasteiger partial charge in [0.2, 0.25) is 0 Å². The number of hydrogen-bond donors (Lipinski definition) is 0. The van der Waals surface area contributed by atoms with E-state index in [4.69, 9.17) is 4.74 Å². The molecular weight excluding hydrogens is 135 g/mol. The van der Waals surface area contributed by atoms with Crippen LogP contribution in [0.25, 0.3) is 0 Å². The Labute approximate surface area is 83.7 Å². The van der Waals surface area contributed by atoms with Gasteiger partial charge >= 0.3 is 29.6 Å². The van der Waals surface area contributed by atoms with E-state index in [0.29, 0.717) is 0 Å². The molecule has 0 aliphatic carbocycles. The zero-order valence-electron chi connectivity index (χ0n) is 6.42. The zero-order valence-corrected chi connectivity index (χ0v) is 8.42. The van der Waals surface area contributed by atoms with Gasteiger partial charge in [0.1, 0.15) is 0 Å². The Morgan fingerprint density at radius 1 is 1.30 bits per heavy atom. The molecule has 1 rings (SSSR count). The van der Waals surface area contributed by atoms with E-state index in [9.17, 15) is 0 Å². The van der Waals surface area contributed by atoms with Crippen LogP contribution in [0.2, 0.25) is 0 Å². The monoisotopic (exact) mass is 144 g/mol. The molecule has 0 saturated heterocycles. The summed E-state index contributed by atoms with van der Waals surface area (Å²) in [4.78, 5) is 0. The topological polar surface area (TPSA) is 9.23 Å². The second kappa shape index (κ2) is 4.67. The molecular formula is C8H9NaO. The molecule has 0 aliphatic heterocycles. The molecule has 1 aromatic rings. The van der Waals surface area contributed by atoms with Gasteiger partial charge in [0, 0.05) is 5.75 Å².